The highest BCUT2D eigenvalue weighted by atomic mass is 35.5. The van der Waals surface area contributed by atoms with E-state index in [-0.39, 0.29) is 40.3 Å². The van der Waals surface area contributed by atoms with Gasteiger partial charge >= 0.3 is 0 Å². The molecular formula is C19H14Cl2FN5O2. The number of nitrogens with two attached hydrogens (primary N) is 1. The van der Waals surface area contributed by atoms with Gasteiger partial charge in [0.05, 0.1) is 17.8 Å². The molecule has 0 unspecified atom stereocenters. The van der Waals surface area contributed by atoms with Gasteiger partial charge in [0.25, 0.3) is 5.89 Å². The van der Waals surface area contributed by atoms with Crippen LogP contribution in [0, 0.1) is 12.7 Å². The van der Waals surface area contributed by atoms with Gasteiger partial charge in [-0.1, -0.05) is 29.3 Å². The lowest BCUT2D eigenvalue weighted by atomic mass is 10.1. The van der Waals surface area contributed by atoms with Crippen molar-refractivity contribution in [2.24, 2.45) is 0 Å². The van der Waals surface area contributed by atoms with Crippen molar-refractivity contribution < 1.29 is 13.5 Å². The van der Waals surface area contributed by atoms with Crippen LogP contribution in [0.1, 0.15) is 17.1 Å². The molecule has 0 spiro atoms. The Morgan fingerprint density at radius 1 is 1.21 bits per heavy atom. The minimum absolute atomic E-state index is 0.0491. The third kappa shape index (κ3) is 4.03. The van der Waals surface area contributed by atoms with Crippen LogP contribution in [0.25, 0.3) is 11.6 Å². The molecule has 4 rings (SSSR count). The quantitative estimate of drug-likeness (QED) is 0.420. The highest BCUT2D eigenvalue weighted by Gasteiger charge is 2.19. The van der Waals surface area contributed by atoms with E-state index in [1.165, 1.54) is 30.6 Å². The molecule has 29 heavy (non-hydrogen) atoms. The fourth-order valence-corrected chi connectivity index (χ4v) is 3.14. The zero-order valence-electron chi connectivity index (χ0n) is 15.0. The lowest BCUT2D eigenvalue weighted by molar-refractivity contribution is 0.437. The third-order valence-electron chi connectivity index (χ3n) is 4.08. The normalized spacial score (nSPS) is 11.0. The predicted octanol–water partition coefficient (Wildman–Crippen LogP) is 5.18. The summed E-state index contributed by atoms with van der Waals surface area (Å²) in [6.07, 6.45) is 1.58. The number of aromatic nitrogens is 4. The van der Waals surface area contributed by atoms with Gasteiger partial charge in [0.1, 0.15) is 11.4 Å². The molecule has 7 nitrogen and oxygen atoms in total. The van der Waals surface area contributed by atoms with E-state index >= 15 is 4.39 Å². The smallest absolute Gasteiger partial charge is 0.268 e. The van der Waals surface area contributed by atoms with Crippen molar-refractivity contribution >= 4 is 28.9 Å². The largest absolute Gasteiger partial charge is 0.453 e. The maximum Gasteiger partial charge on any atom is 0.268 e. The molecule has 0 aliphatic rings. The molecule has 0 aliphatic carbocycles. The van der Waals surface area contributed by atoms with Crippen LogP contribution in [0.15, 0.2) is 41.1 Å². The highest BCUT2D eigenvalue weighted by Crippen LogP contribution is 2.36. The number of nitrogens with zero attached hydrogens (tertiary/aromatic N) is 3. The van der Waals surface area contributed by atoms with Crippen molar-refractivity contribution in [2.75, 3.05) is 5.73 Å². The Morgan fingerprint density at radius 2 is 2.03 bits per heavy atom. The number of imidazole rings is 1. The lowest BCUT2D eigenvalue weighted by Gasteiger charge is -2.12. The minimum Gasteiger partial charge on any atom is -0.453 e. The molecule has 0 radical (unpaired) electrons. The monoisotopic (exact) mass is 433 g/mol. The van der Waals surface area contributed by atoms with Crippen LogP contribution >= 0.6 is 23.2 Å². The molecule has 2 aromatic heterocycles. The van der Waals surface area contributed by atoms with E-state index in [1.807, 2.05) is 6.92 Å². The lowest BCUT2D eigenvalue weighted by Crippen LogP contribution is -1.98. The zero-order valence-corrected chi connectivity index (χ0v) is 16.6. The van der Waals surface area contributed by atoms with Crippen LogP contribution in [0.4, 0.5) is 10.1 Å². The summed E-state index contributed by atoms with van der Waals surface area (Å²) in [5.41, 5.74) is 7.73. The van der Waals surface area contributed by atoms with Crippen LogP contribution in [-0.2, 0) is 6.42 Å². The summed E-state index contributed by atoms with van der Waals surface area (Å²) in [7, 11) is 0. The van der Waals surface area contributed by atoms with Gasteiger partial charge in [-0.05, 0) is 25.1 Å². The summed E-state index contributed by atoms with van der Waals surface area (Å²) in [5, 5.41) is 8.39. The molecular weight excluding hydrogens is 420 g/mol. The van der Waals surface area contributed by atoms with E-state index in [0.717, 1.165) is 5.69 Å². The van der Waals surface area contributed by atoms with Crippen molar-refractivity contribution in [3.8, 4) is 23.1 Å². The number of anilines is 1. The second-order valence-electron chi connectivity index (χ2n) is 6.23. The number of aromatic amines is 1. The zero-order chi connectivity index (χ0) is 20.5. The summed E-state index contributed by atoms with van der Waals surface area (Å²) < 4.78 is 26.3. The maximum atomic E-state index is 15.1. The first-order chi connectivity index (χ1) is 13.9. The number of H-pyrrole nitrogens is 1. The summed E-state index contributed by atoms with van der Waals surface area (Å²) >= 11 is 12.1. The van der Waals surface area contributed by atoms with Gasteiger partial charge < -0.3 is 19.9 Å². The number of hydrogen-bond acceptors (Lipinski definition) is 6. The Labute approximate surface area is 174 Å². The maximum absolute atomic E-state index is 15.1. The second kappa shape index (κ2) is 7.73. The molecule has 0 aliphatic heterocycles. The van der Waals surface area contributed by atoms with Crippen LogP contribution in [-0.4, -0.2) is 20.2 Å². The van der Waals surface area contributed by atoms with Gasteiger partial charge in [0, 0.05) is 28.0 Å². The molecule has 4 aromatic rings. The minimum atomic E-state index is -0.647. The van der Waals surface area contributed by atoms with E-state index in [1.54, 1.807) is 6.07 Å². The highest BCUT2D eigenvalue weighted by molar-refractivity contribution is 6.32. The Balaban J connectivity index is 1.62. The number of aryl methyl sites for hydroxylation is 1. The van der Waals surface area contributed by atoms with Crippen molar-refractivity contribution in [3.63, 3.8) is 0 Å². The number of nitrogen functional groups attached to an aromatic ring is 1. The standard InChI is InChI=1S/C19H14Cl2FN5O2/c1-9-17(25-8-24-9)19-27-26-15(29-19)4-10-2-3-14(21)18(16(10)22)28-13-6-11(20)5-12(23)7-13/h2-3,5-8H,4,23H2,1H3,(H,24,25). The van der Waals surface area contributed by atoms with Crippen molar-refractivity contribution in [1.82, 2.24) is 20.2 Å². The molecule has 0 atom stereocenters. The Hall–Kier alpha value is -3.10. The first-order valence-corrected chi connectivity index (χ1v) is 9.20. The first kappa shape index (κ1) is 19.2. The molecule has 0 saturated heterocycles. The predicted molar refractivity (Wildman–Crippen MR) is 107 cm³/mol. The fraction of sp³-hybridized carbons (Fsp3) is 0.105. The molecule has 2 aromatic carbocycles. The van der Waals surface area contributed by atoms with E-state index in [4.69, 9.17) is 38.1 Å². The molecule has 0 amide bonds. The molecule has 2 heterocycles. The topological polar surface area (TPSA) is 103 Å². The van der Waals surface area contributed by atoms with Crippen LogP contribution in [0.3, 0.4) is 0 Å². The molecule has 0 saturated carbocycles. The molecule has 3 N–H and O–H groups in total. The summed E-state index contributed by atoms with van der Waals surface area (Å²) in [6.45, 7) is 1.83. The Morgan fingerprint density at radius 3 is 2.76 bits per heavy atom. The fourth-order valence-electron chi connectivity index (χ4n) is 2.72. The number of rotatable bonds is 5. The van der Waals surface area contributed by atoms with E-state index in [0.29, 0.717) is 16.4 Å². The molecule has 0 bridgehead atoms. The van der Waals surface area contributed by atoms with Crippen LogP contribution in [0.5, 0.6) is 11.5 Å². The van der Waals surface area contributed by atoms with Crippen molar-refractivity contribution in [2.45, 2.75) is 13.3 Å². The van der Waals surface area contributed by atoms with Crippen molar-refractivity contribution in [3.05, 3.63) is 69.7 Å². The Kier molecular flexibility index (Phi) is 5.12. The van der Waals surface area contributed by atoms with E-state index in [2.05, 4.69) is 20.2 Å². The number of ether oxygens (including phenoxy) is 1. The molecule has 148 valence electrons. The molecule has 0 fully saturated rings. The van der Waals surface area contributed by atoms with E-state index < -0.39 is 5.82 Å². The molecule has 10 heteroatoms. The van der Waals surface area contributed by atoms with Crippen LogP contribution < -0.4 is 10.5 Å². The SMILES string of the molecule is Cc1[nH]cnc1-c1nnc(Cc2ccc(Cl)c(Oc3cc(N)cc(Cl)c3)c2F)o1. The van der Waals surface area contributed by atoms with Crippen molar-refractivity contribution in [1.29, 1.82) is 0 Å². The van der Waals surface area contributed by atoms with Gasteiger partial charge in [0.15, 0.2) is 11.6 Å². The summed E-state index contributed by atoms with van der Waals surface area (Å²) in [4.78, 5) is 7.06. The number of benzene rings is 2. The third-order valence-corrected chi connectivity index (χ3v) is 4.60. The first-order valence-electron chi connectivity index (χ1n) is 8.44. The number of hydrogen-bond donors (Lipinski definition) is 2. The average Bonchev–Trinajstić information content (AvgIpc) is 3.29. The number of nitrogens with one attached hydrogen (secondary N) is 1. The van der Waals surface area contributed by atoms with Gasteiger partial charge in [-0.2, -0.15) is 0 Å². The van der Waals surface area contributed by atoms with Gasteiger partial charge in [-0.25, -0.2) is 9.37 Å². The summed E-state index contributed by atoms with van der Waals surface area (Å²) in [5.74, 6) is -0.0527. The number of halogens is 3. The average molecular weight is 434 g/mol. The van der Waals surface area contributed by atoms with Gasteiger partial charge in [-0.15, -0.1) is 10.2 Å². The Bertz CT molecular complexity index is 1170. The van der Waals surface area contributed by atoms with Crippen LogP contribution in [0.2, 0.25) is 10.0 Å². The van der Waals surface area contributed by atoms with E-state index in [9.17, 15) is 0 Å². The summed E-state index contributed by atoms with van der Waals surface area (Å²) in [6, 6.07) is 7.64. The second-order valence-corrected chi connectivity index (χ2v) is 7.07. The van der Waals surface area contributed by atoms with Gasteiger partial charge in [0.2, 0.25) is 5.89 Å². The van der Waals surface area contributed by atoms with Gasteiger partial charge in [-0.3, -0.25) is 0 Å².